The molecule has 1 heterocycles. The van der Waals surface area contributed by atoms with E-state index in [2.05, 4.69) is 27.8 Å². The van der Waals surface area contributed by atoms with Gasteiger partial charge in [-0.15, -0.1) is 0 Å². The van der Waals surface area contributed by atoms with Crippen LogP contribution in [0.5, 0.6) is 0 Å². The molecule has 0 aromatic heterocycles. The number of aryl methyl sites for hydroxylation is 1. The molecule has 1 unspecified atom stereocenters. The van der Waals surface area contributed by atoms with E-state index in [1.165, 1.54) is 12.8 Å². The Morgan fingerprint density at radius 2 is 2.25 bits per heavy atom. The number of halogens is 2. The minimum absolute atomic E-state index is 0.106. The van der Waals surface area contributed by atoms with Crippen molar-refractivity contribution >= 4 is 15.9 Å². The van der Waals surface area contributed by atoms with Crippen LogP contribution in [0.2, 0.25) is 0 Å². The Labute approximate surface area is 105 Å². The van der Waals surface area contributed by atoms with Gasteiger partial charge in [0.25, 0.3) is 0 Å². The lowest BCUT2D eigenvalue weighted by Gasteiger charge is -2.21. The van der Waals surface area contributed by atoms with Gasteiger partial charge in [-0.25, -0.2) is 4.39 Å². The molecular formula is C13H17BrFN. The molecule has 0 saturated carbocycles. The van der Waals surface area contributed by atoms with Crippen LogP contribution < -0.4 is 0 Å². The Morgan fingerprint density at radius 3 is 2.88 bits per heavy atom. The third kappa shape index (κ3) is 2.46. The van der Waals surface area contributed by atoms with Crippen LogP contribution in [-0.4, -0.2) is 17.5 Å². The van der Waals surface area contributed by atoms with Crippen molar-refractivity contribution in [2.45, 2.75) is 39.3 Å². The molecule has 1 fully saturated rings. The number of hydrogen-bond acceptors (Lipinski definition) is 1. The molecule has 0 N–H and O–H groups in total. The van der Waals surface area contributed by atoms with Crippen LogP contribution >= 0.6 is 15.9 Å². The van der Waals surface area contributed by atoms with Crippen LogP contribution in [0.1, 0.15) is 30.9 Å². The molecule has 1 aliphatic rings. The first-order valence-electron chi connectivity index (χ1n) is 5.76. The van der Waals surface area contributed by atoms with Gasteiger partial charge in [-0.3, -0.25) is 4.90 Å². The fourth-order valence-corrected chi connectivity index (χ4v) is 2.84. The minimum atomic E-state index is -0.106. The van der Waals surface area contributed by atoms with E-state index in [9.17, 15) is 4.39 Å². The number of hydrogen-bond donors (Lipinski definition) is 0. The number of rotatable bonds is 2. The molecule has 1 nitrogen and oxygen atoms in total. The highest BCUT2D eigenvalue weighted by Crippen LogP contribution is 2.25. The summed E-state index contributed by atoms with van der Waals surface area (Å²) in [4.78, 5) is 2.41. The Kier molecular flexibility index (Phi) is 3.65. The van der Waals surface area contributed by atoms with Gasteiger partial charge in [0.15, 0.2) is 0 Å². The second-order valence-corrected chi connectivity index (χ2v) is 5.51. The summed E-state index contributed by atoms with van der Waals surface area (Å²) < 4.78 is 14.5. The molecule has 1 atom stereocenters. The third-order valence-electron chi connectivity index (χ3n) is 3.39. The summed E-state index contributed by atoms with van der Waals surface area (Å²) in [5.41, 5.74) is 1.75. The van der Waals surface area contributed by atoms with Crippen molar-refractivity contribution in [2.24, 2.45) is 0 Å². The summed E-state index contributed by atoms with van der Waals surface area (Å²) in [7, 11) is 0. The zero-order chi connectivity index (χ0) is 11.7. The van der Waals surface area contributed by atoms with E-state index in [1.54, 1.807) is 13.0 Å². The lowest BCUT2D eigenvalue weighted by atomic mass is 10.1. The van der Waals surface area contributed by atoms with Gasteiger partial charge >= 0.3 is 0 Å². The van der Waals surface area contributed by atoms with E-state index < -0.39 is 0 Å². The zero-order valence-electron chi connectivity index (χ0n) is 9.76. The first-order valence-corrected chi connectivity index (χ1v) is 6.56. The van der Waals surface area contributed by atoms with E-state index in [0.717, 1.165) is 23.1 Å². The standard InChI is InChI=1S/C13H17BrFN/c1-9-6-12(14)11(7-13(9)15)8-16-5-3-4-10(16)2/h6-7,10H,3-5,8H2,1-2H3. The van der Waals surface area contributed by atoms with Crippen LogP contribution in [0.25, 0.3) is 0 Å². The fraction of sp³-hybridized carbons (Fsp3) is 0.538. The van der Waals surface area contributed by atoms with Crippen molar-refractivity contribution in [1.82, 2.24) is 4.90 Å². The van der Waals surface area contributed by atoms with Gasteiger partial charge in [0.1, 0.15) is 5.82 Å². The Hall–Kier alpha value is -0.410. The first kappa shape index (κ1) is 12.1. The fourth-order valence-electron chi connectivity index (χ4n) is 2.26. The molecule has 0 amide bonds. The predicted octanol–water partition coefficient (Wildman–Crippen LogP) is 3.88. The molecule has 0 bridgehead atoms. The second-order valence-electron chi connectivity index (χ2n) is 4.65. The van der Waals surface area contributed by atoms with Gasteiger partial charge in [0.05, 0.1) is 0 Å². The van der Waals surface area contributed by atoms with Crippen molar-refractivity contribution in [3.63, 3.8) is 0 Å². The van der Waals surface area contributed by atoms with Crippen LogP contribution in [0.15, 0.2) is 16.6 Å². The zero-order valence-corrected chi connectivity index (χ0v) is 11.3. The Bertz CT molecular complexity index is 392. The maximum Gasteiger partial charge on any atom is 0.126 e. The topological polar surface area (TPSA) is 3.24 Å². The molecular weight excluding hydrogens is 269 g/mol. The van der Waals surface area contributed by atoms with Gasteiger partial charge in [-0.05, 0) is 56.5 Å². The van der Waals surface area contributed by atoms with Gasteiger partial charge < -0.3 is 0 Å². The smallest absolute Gasteiger partial charge is 0.126 e. The number of nitrogens with zero attached hydrogens (tertiary/aromatic N) is 1. The van der Waals surface area contributed by atoms with Crippen molar-refractivity contribution < 1.29 is 4.39 Å². The average molecular weight is 286 g/mol. The maximum absolute atomic E-state index is 13.5. The summed E-state index contributed by atoms with van der Waals surface area (Å²) in [6.45, 7) is 6.01. The molecule has 1 saturated heterocycles. The van der Waals surface area contributed by atoms with E-state index in [4.69, 9.17) is 0 Å². The molecule has 88 valence electrons. The number of benzene rings is 1. The van der Waals surface area contributed by atoms with Gasteiger partial charge in [0, 0.05) is 17.1 Å². The molecule has 0 aliphatic carbocycles. The maximum atomic E-state index is 13.5. The normalized spacial score (nSPS) is 21.6. The monoisotopic (exact) mass is 285 g/mol. The summed E-state index contributed by atoms with van der Waals surface area (Å²) in [5.74, 6) is -0.106. The second kappa shape index (κ2) is 4.84. The van der Waals surface area contributed by atoms with E-state index in [-0.39, 0.29) is 5.82 Å². The quantitative estimate of drug-likeness (QED) is 0.797. The van der Waals surface area contributed by atoms with Crippen molar-refractivity contribution in [2.75, 3.05) is 6.54 Å². The summed E-state index contributed by atoms with van der Waals surface area (Å²) >= 11 is 3.52. The highest BCUT2D eigenvalue weighted by atomic mass is 79.9. The lowest BCUT2D eigenvalue weighted by molar-refractivity contribution is 0.259. The highest BCUT2D eigenvalue weighted by Gasteiger charge is 2.21. The van der Waals surface area contributed by atoms with Gasteiger partial charge in [-0.2, -0.15) is 0 Å². The average Bonchev–Trinajstić information content (AvgIpc) is 2.61. The summed E-state index contributed by atoms with van der Waals surface area (Å²) in [6, 6.07) is 4.15. The molecule has 1 aliphatic heterocycles. The van der Waals surface area contributed by atoms with E-state index in [0.29, 0.717) is 11.6 Å². The third-order valence-corrected chi connectivity index (χ3v) is 4.13. The van der Waals surface area contributed by atoms with Crippen molar-refractivity contribution in [3.8, 4) is 0 Å². The summed E-state index contributed by atoms with van der Waals surface area (Å²) in [6.07, 6.45) is 2.51. The van der Waals surface area contributed by atoms with E-state index in [1.807, 2.05) is 6.07 Å². The SMILES string of the molecule is Cc1cc(Br)c(CN2CCCC2C)cc1F. The van der Waals surface area contributed by atoms with Crippen LogP contribution in [0.4, 0.5) is 4.39 Å². The highest BCUT2D eigenvalue weighted by molar-refractivity contribution is 9.10. The van der Waals surface area contributed by atoms with Gasteiger partial charge in [-0.1, -0.05) is 15.9 Å². The lowest BCUT2D eigenvalue weighted by Crippen LogP contribution is -2.26. The largest absolute Gasteiger partial charge is 0.296 e. The minimum Gasteiger partial charge on any atom is -0.296 e. The molecule has 2 rings (SSSR count). The molecule has 0 radical (unpaired) electrons. The van der Waals surface area contributed by atoms with Crippen LogP contribution in [0, 0.1) is 12.7 Å². The van der Waals surface area contributed by atoms with E-state index >= 15 is 0 Å². The molecule has 3 heteroatoms. The van der Waals surface area contributed by atoms with Crippen molar-refractivity contribution in [1.29, 1.82) is 0 Å². The molecule has 16 heavy (non-hydrogen) atoms. The predicted molar refractivity (Wildman–Crippen MR) is 67.9 cm³/mol. The molecule has 1 aromatic rings. The molecule has 1 aromatic carbocycles. The first-order chi connectivity index (χ1) is 7.58. The molecule has 0 spiro atoms. The number of likely N-dealkylation sites (tertiary alicyclic amines) is 1. The van der Waals surface area contributed by atoms with Crippen molar-refractivity contribution in [3.05, 3.63) is 33.5 Å². The Balaban J connectivity index is 2.18. The Morgan fingerprint density at radius 1 is 1.50 bits per heavy atom. The summed E-state index contributed by atoms with van der Waals surface area (Å²) in [5, 5.41) is 0. The van der Waals surface area contributed by atoms with Gasteiger partial charge in [0.2, 0.25) is 0 Å². The van der Waals surface area contributed by atoms with Crippen LogP contribution in [-0.2, 0) is 6.54 Å². The van der Waals surface area contributed by atoms with Crippen LogP contribution in [0.3, 0.4) is 0 Å².